The van der Waals surface area contributed by atoms with Gasteiger partial charge >= 0.3 is 0 Å². The van der Waals surface area contributed by atoms with Gasteiger partial charge in [-0.25, -0.2) is 4.98 Å². The Kier molecular flexibility index (Phi) is 5.64. The van der Waals surface area contributed by atoms with Crippen molar-refractivity contribution in [3.63, 3.8) is 0 Å². The molecular weight excluding hydrogens is 328 g/mol. The standard InChI is InChI=1S/C19H22N6O/c1-2-3-8-19(23-24-19)9-10-22-18(26)16-4-6-17(7-5-16)21-12-14-25-13-11-20-15-25/h1,4-7,11,13,15,21H,3,8-10,12,14H2,(H,22,26). The van der Waals surface area contributed by atoms with E-state index in [0.29, 0.717) is 24.9 Å². The highest BCUT2D eigenvalue weighted by molar-refractivity contribution is 5.94. The molecule has 0 atom stereocenters. The Morgan fingerprint density at radius 3 is 2.65 bits per heavy atom. The van der Waals surface area contributed by atoms with Crippen LogP contribution < -0.4 is 10.6 Å². The van der Waals surface area contributed by atoms with Crippen molar-refractivity contribution in [3.8, 4) is 12.3 Å². The summed E-state index contributed by atoms with van der Waals surface area (Å²) < 4.78 is 2.00. The van der Waals surface area contributed by atoms with Gasteiger partial charge in [0.05, 0.1) is 6.33 Å². The predicted molar refractivity (Wildman–Crippen MR) is 99.8 cm³/mol. The number of aromatic nitrogens is 2. The molecule has 0 bridgehead atoms. The van der Waals surface area contributed by atoms with Gasteiger partial charge in [0.1, 0.15) is 0 Å². The third kappa shape index (κ3) is 4.93. The maximum Gasteiger partial charge on any atom is 0.251 e. The van der Waals surface area contributed by atoms with Gasteiger partial charge in [-0.2, -0.15) is 10.2 Å². The number of carbonyl (C=O) groups is 1. The first-order valence-corrected chi connectivity index (χ1v) is 8.66. The quantitative estimate of drug-likeness (QED) is 0.646. The van der Waals surface area contributed by atoms with Crippen molar-refractivity contribution in [1.82, 2.24) is 14.9 Å². The fourth-order valence-electron chi connectivity index (χ4n) is 2.63. The van der Waals surface area contributed by atoms with Crippen LogP contribution in [0.15, 0.2) is 53.2 Å². The van der Waals surface area contributed by atoms with Crippen LogP contribution in [-0.4, -0.2) is 34.2 Å². The Bertz CT molecular complexity index is 782. The van der Waals surface area contributed by atoms with Gasteiger partial charge in [-0.3, -0.25) is 4.79 Å². The van der Waals surface area contributed by atoms with Crippen LogP contribution >= 0.6 is 0 Å². The van der Waals surface area contributed by atoms with E-state index >= 15 is 0 Å². The lowest BCUT2D eigenvalue weighted by molar-refractivity contribution is 0.0952. The van der Waals surface area contributed by atoms with E-state index in [2.05, 4.69) is 31.8 Å². The molecule has 7 heteroatoms. The number of hydrogen-bond acceptors (Lipinski definition) is 5. The number of nitrogens with one attached hydrogen (secondary N) is 2. The summed E-state index contributed by atoms with van der Waals surface area (Å²) in [6.07, 6.45) is 12.8. The van der Waals surface area contributed by atoms with Gasteiger partial charge in [0.25, 0.3) is 5.91 Å². The molecule has 26 heavy (non-hydrogen) atoms. The molecule has 0 saturated heterocycles. The molecule has 1 aromatic heterocycles. The SMILES string of the molecule is C#CCCC1(CCNC(=O)c2ccc(NCCn3ccnc3)cc2)N=N1. The highest BCUT2D eigenvalue weighted by Gasteiger charge is 2.38. The van der Waals surface area contributed by atoms with E-state index in [1.807, 2.05) is 35.0 Å². The van der Waals surface area contributed by atoms with Crippen LogP contribution in [0.3, 0.4) is 0 Å². The molecule has 0 radical (unpaired) electrons. The van der Waals surface area contributed by atoms with Gasteiger partial charge in [-0.15, -0.1) is 12.3 Å². The number of hydrogen-bond donors (Lipinski definition) is 2. The van der Waals surface area contributed by atoms with Crippen molar-refractivity contribution in [2.75, 3.05) is 18.4 Å². The first-order valence-electron chi connectivity index (χ1n) is 8.66. The summed E-state index contributed by atoms with van der Waals surface area (Å²) in [5.74, 6) is 2.50. The monoisotopic (exact) mass is 350 g/mol. The second kappa shape index (κ2) is 8.30. The molecule has 0 saturated carbocycles. The van der Waals surface area contributed by atoms with Crippen LogP contribution in [0.2, 0.25) is 0 Å². The van der Waals surface area contributed by atoms with Gasteiger partial charge in [-0.1, -0.05) is 0 Å². The zero-order chi connectivity index (χ0) is 18.2. The number of anilines is 1. The lowest BCUT2D eigenvalue weighted by atomic mass is 10.0. The number of carbonyl (C=O) groups excluding carboxylic acids is 1. The summed E-state index contributed by atoms with van der Waals surface area (Å²) in [4.78, 5) is 16.2. The maximum absolute atomic E-state index is 12.2. The highest BCUT2D eigenvalue weighted by Crippen LogP contribution is 2.36. The van der Waals surface area contributed by atoms with Crippen LogP contribution in [0, 0.1) is 12.3 Å². The van der Waals surface area contributed by atoms with E-state index in [4.69, 9.17) is 6.42 Å². The average Bonchev–Trinajstić information content (AvgIpc) is 3.23. The molecular formula is C19H22N6O. The predicted octanol–water partition coefficient (Wildman–Crippen LogP) is 2.69. The first kappa shape index (κ1) is 17.7. The Balaban J connectivity index is 1.38. The number of nitrogens with zero attached hydrogens (tertiary/aromatic N) is 4. The number of rotatable bonds is 10. The van der Waals surface area contributed by atoms with Crippen molar-refractivity contribution >= 4 is 11.6 Å². The van der Waals surface area contributed by atoms with E-state index in [9.17, 15) is 4.79 Å². The Morgan fingerprint density at radius 1 is 1.19 bits per heavy atom. The summed E-state index contributed by atoms with van der Waals surface area (Å²) in [6, 6.07) is 7.44. The molecule has 0 aliphatic carbocycles. The summed E-state index contributed by atoms with van der Waals surface area (Å²) in [7, 11) is 0. The van der Waals surface area contributed by atoms with E-state index in [1.54, 1.807) is 12.5 Å². The minimum atomic E-state index is -0.358. The number of imidazole rings is 1. The molecule has 0 fully saturated rings. The fraction of sp³-hybridized carbons (Fsp3) is 0.368. The normalized spacial score (nSPS) is 13.8. The maximum atomic E-state index is 12.2. The molecule has 1 aromatic carbocycles. The molecule has 2 N–H and O–H groups in total. The second-order valence-electron chi connectivity index (χ2n) is 6.20. The Hall–Kier alpha value is -3.14. The van der Waals surface area contributed by atoms with Gasteiger partial charge in [-0.05, 0) is 24.3 Å². The largest absolute Gasteiger partial charge is 0.383 e. The van der Waals surface area contributed by atoms with Crippen molar-refractivity contribution in [2.24, 2.45) is 10.2 Å². The van der Waals surface area contributed by atoms with Gasteiger partial charge in [0, 0.05) is 62.5 Å². The van der Waals surface area contributed by atoms with Gasteiger partial charge < -0.3 is 15.2 Å². The number of benzene rings is 1. The lowest BCUT2D eigenvalue weighted by Crippen LogP contribution is -2.28. The Labute approximate surface area is 152 Å². The molecule has 2 aromatic rings. The summed E-state index contributed by atoms with van der Waals surface area (Å²) in [6.45, 7) is 2.15. The van der Waals surface area contributed by atoms with Gasteiger partial charge in [0.15, 0.2) is 5.66 Å². The molecule has 1 aliphatic heterocycles. The zero-order valence-corrected chi connectivity index (χ0v) is 14.6. The van der Waals surface area contributed by atoms with Crippen LogP contribution in [-0.2, 0) is 6.54 Å². The highest BCUT2D eigenvalue weighted by atomic mass is 16.1. The molecule has 134 valence electrons. The van der Waals surface area contributed by atoms with E-state index < -0.39 is 0 Å². The smallest absolute Gasteiger partial charge is 0.251 e. The fourth-order valence-corrected chi connectivity index (χ4v) is 2.63. The molecule has 1 amide bonds. The van der Waals surface area contributed by atoms with Crippen LogP contribution in [0.4, 0.5) is 5.69 Å². The van der Waals surface area contributed by atoms with E-state index in [1.165, 1.54) is 0 Å². The topological polar surface area (TPSA) is 83.7 Å². The molecule has 0 unspecified atom stereocenters. The van der Waals surface area contributed by atoms with Gasteiger partial charge in [0.2, 0.25) is 0 Å². The van der Waals surface area contributed by atoms with E-state index in [-0.39, 0.29) is 11.6 Å². The van der Waals surface area contributed by atoms with E-state index in [0.717, 1.165) is 25.2 Å². The summed E-state index contributed by atoms with van der Waals surface area (Å²) in [5.41, 5.74) is 1.25. The first-order chi connectivity index (χ1) is 12.7. The van der Waals surface area contributed by atoms with Crippen LogP contribution in [0.25, 0.3) is 0 Å². The third-order valence-electron chi connectivity index (χ3n) is 4.27. The number of amides is 1. The lowest BCUT2D eigenvalue weighted by Gasteiger charge is -2.11. The van der Waals surface area contributed by atoms with Crippen molar-refractivity contribution in [2.45, 2.75) is 31.5 Å². The molecule has 2 heterocycles. The van der Waals surface area contributed by atoms with Crippen molar-refractivity contribution in [1.29, 1.82) is 0 Å². The zero-order valence-electron chi connectivity index (χ0n) is 14.6. The summed E-state index contributed by atoms with van der Waals surface area (Å²) >= 11 is 0. The van der Waals surface area contributed by atoms with Crippen molar-refractivity contribution in [3.05, 3.63) is 48.5 Å². The Morgan fingerprint density at radius 2 is 2.00 bits per heavy atom. The number of terminal acetylenes is 1. The minimum absolute atomic E-state index is 0.0947. The summed E-state index contributed by atoms with van der Waals surface area (Å²) in [5, 5.41) is 14.4. The van der Waals surface area contributed by atoms with Crippen LogP contribution in [0.5, 0.6) is 0 Å². The molecule has 1 aliphatic rings. The van der Waals surface area contributed by atoms with Crippen molar-refractivity contribution < 1.29 is 4.79 Å². The minimum Gasteiger partial charge on any atom is -0.383 e. The second-order valence-corrected chi connectivity index (χ2v) is 6.20. The molecule has 7 nitrogen and oxygen atoms in total. The average molecular weight is 350 g/mol. The third-order valence-corrected chi connectivity index (χ3v) is 4.27. The molecule has 3 rings (SSSR count). The molecule has 0 spiro atoms. The van der Waals surface area contributed by atoms with Crippen LogP contribution in [0.1, 0.15) is 29.6 Å².